The molecule has 0 heterocycles. The average molecular weight is 146 g/mol. The summed E-state index contributed by atoms with van der Waals surface area (Å²) < 4.78 is 16.9. The maximum atomic E-state index is 9.23. The second kappa shape index (κ2) is 5.48. The van der Waals surface area contributed by atoms with E-state index < -0.39 is 15.3 Å². The fourth-order valence-corrected chi connectivity index (χ4v) is 0. The van der Waals surface area contributed by atoms with Crippen LogP contribution in [0.3, 0.4) is 0 Å². The van der Waals surface area contributed by atoms with Crippen LogP contribution in [0.5, 0.6) is 0 Å². The van der Waals surface area contributed by atoms with Gasteiger partial charge >= 0.3 is 58.8 Å². The second-order valence-electron chi connectivity index (χ2n) is 0.464. The predicted molar refractivity (Wildman–Crippen MR) is 13.8 cm³/mol. The van der Waals surface area contributed by atoms with E-state index in [9.17, 15) is 4.10 Å². The third kappa shape index (κ3) is 30.3. The monoisotopic (exact) mass is 146 g/mol. The molecule has 0 aliphatic rings. The fourth-order valence-electron chi connectivity index (χ4n) is 0. The summed E-state index contributed by atoms with van der Waals surface area (Å²) in [6, 6.07) is 0. The van der Waals surface area contributed by atoms with Gasteiger partial charge in [0, 0.05) is 0 Å². The minimum absolute atomic E-state index is 0. The number of hydrogen-bond acceptors (Lipinski definition) is 2. The molecule has 4 heteroatoms. The smallest absolute Gasteiger partial charge is 1.00 e. The SMILES string of the molecule is C[As]([O-])O.[Na+]. The summed E-state index contributed by atoms with van der Waals surface area (Å²) in [6.07, 6.45) is 0. The summed E-state index contributed by atoms with van der Waals surface area (Å²) in [5, 5.41) is 0. The second-order valence-corrected chi connectivity index (χ2v) is 2.41. The van der Waals surface area contributed by atoms with Crippen molar-refractivity contribution < 1.29 is 37.7 Å². The maximum Gasteiger partial charge on any atom is 1.00 e. The van der Waals surface area contributed by atoms with Crippen molar-refractivity contribution in [3.05, 3.63) is 0 Å². The van der Waals surface area contributed by atoms with Crippen molar-refractivity contribution in [3.63, 3.8) is 0 Å². The van der Waals surface area contributed by atoms with Gasteiger partial charge in [0.2, 0.25) is 0 Å². The van der Waals surface area contributed by atoms with Crippen LogP contribution in [0.2, 0.25) is 5.71 Å². The quantitative estimate of drug-likeness (QED) is 0.350. The van der Waals surface area contributed by atoms with E-state index in [-0.39, 0.29) is 29.6 Å². The van der Waals surface area contributed by atoms with Crippen LogP contribution in [0, 0.1) is 0 Å². The summed E-state index contributed by atoms with van der Waals surface area (Å²) in [7, 11) is 0. The summed E-state index contributed by atoms with van der Waals surface area (Å²) in [4.78, 5) is 0. The molecule has 1 atom stereocenters. The Bertz CT molecular complexity index is 14.4. The molecule has 0 saturated carbocycles. The van der Waals surface area contributed by atoms with Crippen molar-refractivity contribution in [2.24, 2.45) is 0 Å². The van der Waals surface area contributed by atoms with Crippen molar-refractivity contribution in [3.8, 4) is 0 Å². The van der Waals surface area contributed by atoms with Crippen LogP contribution < -0.4 is 33.7 Å². The molecule has 0 radical (unpaired) electrons. The van der Waals surface area contributed by atoms with Gasteiger partial charge in [-0.05, 0) is 0 Å². The van der Waals surface area contributed by atoms with Gasteiger partial charge in [-0.1, -0.05) is 0 Å². The van der Waals surface area contributed by atoms with Crippen molar-refractivity contribution in [2.45, 2.75) is 5.71 Å². The molecule has 0 saturated heterocycles. The minimum Gasteiger partial charge on any atom is 1.00 e. The Balaban J connectivity index is 0. The summed E-state index contributed by atoms with van der Waals surface area (Å²) >= 11 is -2.44. The first-order valence-corrected chi connectivity index (χ1v) is 4.31. The molecule has 1 N–H and O–H groups in total. The zero-order valence-electron chi connectivity index (χ0n) is 3.30. The third-order valence-corrected chi connectivity index (χ3v) is 0. The Morgan fingerprint density at radius 2 is 1.80 bits per heavy atom. The molecular formula is CH4AsNaO2. The van der Waals surface area contributed by atoms with Crippen molar-refractivity contribution in [2.75, 3.05) is 0 Å². The number of rotatable bonds is 0. The Hall–Kier alpha value is 1.48. The molecule has 0 aromatic rings. The first-order valence-electron chi connectivity index (χ1n) is 0.830. The molecule has 0 aliphatic heterocycles. The molecule has 2 nitrogen and oxygen atoms in total. The Labute approximate surface area is 58.5 Å². The van der Waals surface area contributed by atoms with Crippen molar-refractivity contribution >= 4 is 15.3 Å². The molecule has 0 rings (SSSR count). The van der Waals surface area contributed by atoms with E-state index in [1.807, 2.05) is 0 Å². The van der Waals surface area contributed by atoms with Gasteiger partial charge in [-0.2, -0.15) is 0 Å². The van der Waals surface area contributed by atoms with Gasteiger partial charge in [-0.3, -0.25) is 0 Å². The van der Waals surface area contributed by atoms with Gasteiger partial charge in [0.05, 0.1) is 0 Å². The van der Waals surface area contributed by atoms with Crippen LogP contribution >= 0.6 is 0 Å². The van der Waals surface area contributed by atoms with Gasteiger partial charge in [-0.25, -0.2) is 0 Å². The molecule has 0 aromatic carbocycles. The van der Waals surface area contributed by atoms with Gasteiger partial charge in [0.1, 0.15) is 0 Å². The molecular weight excluding hydrogens is 142 g/mol. The Kier molecular flexibility index (Phi) is 10.6. The van der Waals surface area contributed by atoms with E-state index in [0.29, 0.717) is 0 Å². The van der Waals surface area contributed by atoms with Crippen LogP contribution in [0.4, 0.5) is 0 Å². The Morgan fingerprint density at radius 3 is 1.80 bits per heavy atom. The van der Waals surface area contributed by atoms with E-state index in [1.165, 1.54) is 5.71 Å². The van der Waals surface area contributed by atoms with Crippen LogP contribution in [0.15, 0.2) is 0 Å². The van der Waals surface area contributed by atoms with Crippen LogP contribution in [-0.2, 0) is 0 Å². The van der Waals surface area contributed by atoms with E-state index in [4.69, 9.17) is 4.10 Å². The topological polar surface area (TPSA) is 43.3 Å². The zero-order chi connectivity index (χ0) is 3.58. The molecule has 0 spiro atoms. The molecule has 5 heavy (non-hydrogen) atoms. The molecule has 0 aliphatic carbocycles. The molecule has 26 valence electrons. The van der Waals surface area contributed by atoms with Gasteiger partial charge in [-0.15, -0.1) is 0 Å². The first-order chi connectivity index (χ1) is 1.73. The Morgan fingerprint density at radius 1 is 1.80 bits per heavy atom. The maximum absolute atomic E-state index is 9.23. The molecule has 1 unspecified atom stereocenters. The molecule has 0 bridgehead atoms. The third-order valence-electron chi connectivity index (χ3n) is 0. The van der Waals surface area contributed by atoms with E-state index >= 15 is 0 Å². The molecule has 0 amide bonds. The zero-order valence-corrected chi connectivity index (χ0v) is 7.18. The van der Waals surface area contributed by atoms with Crippen LogP contribution in [-0.4, -0.2) is 19.4 Å². The summed E-state index contributed by atoms with van der Waals surface area (Å²) in [5.41, 5.74) is 1.31. The van der Waals surface area contributed by atoms with Gasteiger partial charge in [0.15, 0.2) is 0 Å². The average Bonchev–Trinajstić information content (AvgIpc) is 0.811. The predicted octanol–water partition coefficient (Wildman–Crippen LogP) is -4.54. The summed E-state index contributed by atoms with van der Waals surface area (Å²) in [5.74, 6) is 0. The van der Waals surface area contributed by atoms with Crippen molar-refractivity contribution in [1.29, 1.82) is 0 Å². The van der Waals surface area contributed by atoms with Crippen molar-refractivity contribution in [1.82, 2.24) is 0 Å². The largest absolute Gasteiger partial charge is 1.00 e. The van der Waals surface area contributed by atoms with Gasteiger partial charge < -0.3 is 0 Å². The first kappa shape index (κ1) is 9.69. The van der Waals surface area contributed by atoms with Crippen LogP contribution in [0.25, 0.3) is 0 Å². The van der Waals surface area contributed by atoms with E-state index in [1.54, 1.807) is 0 Å². The normalized spacial score (nSPS) is 12.6. The molecule has 0 fully saturated rings. The molecule has 0 aromatic heterocycles. The van der Waals surface area contributed by atoms with Gasteiger partial charge in [0.25, 0.3) is 0 Å². The standard InChI is InChI=1S/CH4AsO2.Na/c1-2(3)4;/h3H,1H3;/q-1;+1. The van der Waals surface area contributed by atoms with E-state index in [2.05, 4.69) is 0 Å². The number of hydrogen-bond donors (Lipinski definition) is 1. The fraction of sp³-hybridized carbons (Fsp3) is 1.00. The summed E-state index contributed by atoms with van der Waals surface area (Å²) in [6.45, 7) is 0. The van der Waals surface area contributed by atoms with Crippen LogP contribution in [0.1, 0.15) is 0 Å². The van der Waals surface area contributed by atoms with E-state index in [0.717, 1.165) is 0 Å². The minimum atomic E-state index is -2.44.